The SMILES string of the molecule is [CH3][Sn]([CH3])([CH3])[c]1ccc(-c2ncc(C=O)s2)o1. The zero-order chi connectivity index (χ0) is 11.8. The standard InChI is InChI=1S/C8H4NO2S.3CH3.Sn/c10-5-6-4-9-8(12-6)7-2-1-3-11-7;;;;/h1-2,4-5H;3*1H3;. The summed E-state index contributed by atoms with van der Waals surface area (Å²) in [6.45, 7) is 0. The van der Waals surface area contributed by atoms with Gasteiger partial charge in [-0.2, -0.15) is 0 Å². The Morgan fingerprint density at radius 2 is 2.12 bits per heavy atom. The number of nitrogens with zero attached hydrogens (tertiary/aromatic N) is 1. The number of carbonyl (C=O) groups is 1. The molecule has 0 spiro atoms. The molecule has 0 aliphatic heterocycles. The molecular formula is C11H13NO2SSn. The number of furan rings is 1. The summed E-state index contributed by atoms with van der Waals surface area (Å²) < 4.78 is 6.95. The molecule has 0 radical (unpaired) electrons. The molecule has 0 aromatic carbocycles. The molecule has 2 rings (SSSR count). The minimum atomic E-state index is -2.12. The van der Waals surface area contributed by atoms with E-state index < -0.39 is 18.4 Å². The quantitative estimate of drug-likeness (QED) is 0.637. The van der Waals surface area contributed by atoms with Crippen LogP contribution in [0.2, 0.25) is 14.8 Å². The van der Waals surface area contributed by atoms with Gasteiger partial charge in [0.05, 0.1) is 0 Å². The summed E-state index contributed by atoms with van der Waals surface area (Å²) in [6.07, 6.45) is 2.39. The maximum absolute atomic E-state index is 10.6. The van der Waals surface area contributed by atoms with Crippen molar-refractivity contribution in [2.75, 3.05) is 0 Å². The molecule has 2 aromatic heterocycles. The van der Waals surface area contributed by atoms with Gasteiger partial charge in [-0.25, -0.2) is 0 Å². The molecule has 0 bridgehead atoms. The van der Waals surface area contributed by atoms with Gasteiger partial charge in [0.25, 0.3) is 0 Å². The van der Waals surface area contributed by atoms with Crippen molar-refractivity contribution < 1.29 is 9.21 Å². The summed E-state index contributed by atoms with van der Waals surface area (Å²) >= 11 is -0.760. The molecule has 0 saturated carbocycles. The van der Waals surface area contributed by atoms with Crippen LogP contribution in [0.3, 0.4) is 0 Å². The number of thiazole rings is 1. The van der Waals surface area contributed by atoms with E-state index in [0.29, 0.717) is 4.88 Å². The van der Waals surface area contributed by atoms with Gasteiger partial charge in [0.15, 0.2) is 0 Å². The van der Waals surface area contributed by atoms with E-state index in [4.69, 9.17) is 4.42 Å². The Morgan fingerprint density at radius 3 is 2.62 bits per heavy atom. The molecule has 0 amide bonds. The number of hydrogen-bond donors (Lipinski definition) is 0. The van der Waals surface area contributed by atoms with E-state index in [0.717, 1.165) is 20.8 Å². The molecule has 3 nitrogen and oxygen atoms in total. The van der Waals surface area contributed by atoms with Crippen molar-refractivity contribution >= 4 is 39.8 Å². The Balaban J connectivity index is 2.35. The van der Waals surface area contributed by atoms with Crippen LogP contribution >= 0.6 is 11.3 Å². The monoisotopic (exact) mass is 343 g/mol. The molecule has 5 heteroatoms. The van der Waals surface area contributed by atoms with Crippen LogP contribution in [0.1, 0.15) is 9.67 Å². The molecule has 0 aliphatic carbocycles. The Morgan fingerprint density at radius 1 is 1.38 bits per heavy atom. The predicted molar refractivity (Wildman–Crippen MR) is 68.2 cm³/mol. The van der Waals surface area contributed by atoms with Crippen molar-refractivity contribution in [3.8, 4) is 10.8 Å². The molecule has 84 valence electrons. The molecule has 0 unspecified atom stereocenters. The van der Waals surface area contributed by atoms with Crippen molar-refractivity contribution in [3.05, 3.63) is 23.2 Å². The molecule has 0 atom stereocenters. The zero-order valence-corrected chi connectivity index (χ0v) is 13.2. The van der Waals surface area contributed by atoms with Crippen LogP contribution in [0, 0.1) is 0 Å². The number of aldehydes is 1. The van der Waals surface area contributed by atoms with Crippen molar-refractivity contribution in [3.63, 3.8) is 0 Å². The van der Waals surface area contributed by atoms with Crippen molar-refractivity contribution in [1.29, 1.82) is 0 Å². The van der Waals surface area contributed by atoms with E-state index >= 15 is 0 Å². The van der Waals surface area contributed by atoms with Crippen molar-refractivity contribution in [2.45, 2.75) is 14.8 Å². The topological polar surface area (TPSA) is 43.1 Å². The van der Waals surface area contributed by atoms with Gasteiger partial charge >= 0.3 is 103 Å². The summed E-state index contributed by atoms with van der Waals surface area (Å²) in [5.41, 5.74) is 0. The fourth-order valence-corrected chi connectivity index (χ4v) is 4.86. The molecule has 0 saturated heterocycles. The third-order valence-electron chi connectivity index (χ3n) is 2.20. The summed E-state index contributed by atoms with van der Waals surface area (Å²) in [5.74, 6) is 0.778. The van der Waals surface area contributed by atoms with Gasteiger partial charge in [-0.15, -0.1) is 0 Å². The molecule has 2 aromatic rings. The van der Waals surface area contributed by atoms with E-state index in [1.54, 1.807) is 6.20 Å². The van der Waals surface area contributed by atoms with Gasteiger partial charge in [0, 0.05) is 0 Å². The maximum atomic E-state index is 10.6. The molecule has 16 heavy (non-hydrogen) atoms. The summed E-state index contributed by atoms with van der Waals surface area (Å²) in [6, 6.07) is 4.00. The number of carbonyl (C=O) groups excluding carboxylic acids is 1. The summed E-state index contributed by atoms with van der Waals surface area (Å²) in [5, 5.41) is 0.781. The van der Waals surface area contributed by atoms with E-state index in [9.17, 15) is 4.79 Å². The first-order valence-corrected chi connectivity index (χ1v) is 15.8. The number of aromatic nitrogens is 1. The van der Waals surface area contributed by atoms with Gasteiger partial charge in [-0.05, 0) is 0 Å². The van der Waals surface area contributed by atoms with Gasteiger partial charge in [0.1, 0.15) is 0 Å². The van der Waals surface area contributed by atoms with Crippen molar-refractivity contribution in [1.82, 2.24) is 4.98 Å². The third kappa shape index (κ3) is 2.38. The van der Waals surface area contributed by atoms with Crippen LogP contribution in [-0.2, 0) is 0 Å². The summed E-state index contributed by atoms with van der Waals surface area (Å²) in [4.78, 5) is 22.3. The van der Waals surface area contributed by atoms with Gasteiger partial charge in [0.2, 0.25) is 0 Å². The van der Waals surface area contributed by atoms with E-state index in [1.807, 2.05) is 12.1 Å². The van der Waals surface area contributed by atoms with Crippen LogP contribution in [-0.4, -0.2) is 29.6 Å². The van der Waals surface area contributed by atoms with Crippen LogP contribution in [0.4, 0.5) is 0 Å². The van der Waals surface area contributed by atoms with Crippen LogP contribution in [0.5, 0.6) is 0 Å². The molecule has 2 heterocycles. The molecule has 0 fully saturated rings. The minimum absolute atomic E-state index is 0.632. The Hall–Kier alpha value is -0.621. The third-order valence-corrected chi connectivity index (χ3v) is 8.12. The van der Waals surface area contributed by atoms with Gasteiger partial charge < -0.3 is 0 Å². The zero-order valence-electron chi connectivity index (χ0n) is 9.48. The van der Waals surface area contributed by atoms with Gasteiger partial charge in [-0.1, -0.05) is 0 Å². The fourth-order valence-electron chi connectivity index (χ4n) is 1.31. The van der Waals surface area contributed by atoms with Crippen LogP contribution in [0.25, 0.3) is 10.8 Å². The average molecular weight is 342 g/mol. The van der Waals surface area contributed by atoms with E-state index in [1.165, 1.54) is 11.3 Å². The summed E-state index contributed by atoms with van der Waals surface area (Å²) in [7, 11) is 0. The normalized spacial score (nSPS) is 11.7. The predicted octanol–water partition coefficient (Wildman–Crippen LogP) is 2.76. The van der Waals surface area contributed by atoms with E-state index in [2.05, 4.69) is 19.8 Å². The average Bonchev–Trinajstić information content (AvgIpc) is 2.85. The first-order valence-electron chi connectivity index (χ1n) is 5.02. The van der Waals surface area contributed by atoms with Crippen molar-refractivity contribution in [2.24, 2.45) is 0 Å². The number of hydrogen-bond acceptors (Lipinski definition) is 4. The second-order valence-electron chi connectivity index (χ2n) is 4.60. The van der Waals surface area contributed by atoms with Crippen LogP contribution < -0.4 is 3.78 Å². The first kappa shape index (κ1) is 11.9. The Labute approximate surface area is 102 Å². The van der Waals surface area contributed by atoms with E-state index in [-0.39, 0.29) is 0 Å². The molecule has 0 N–H and O–H groups in total. The first-order chi connectivity index (χ1) is 7.50. The van der Waals surface area contributed by atoms with Crippen LogP contribution in [0.15, 0.2) is 22.7 Å². The second kappa shape index (κ2) is 4.33. The Bertz CT molecular complexity index is 510. The fraction of sp³-hybridized carbons (Fsp3) is 0.273. The van der Waals surface area contributed by atoms with Gasteiger partial charge in [-0.3, -0.25) is 0 Å². The molecule has 0 aliphatic rings. The second-order valence-corrected chi connectivity index (χ2v) is 19.9. The molecular weight excluding hydrogens is 329 g/mol. The number of rotatable bonds is 3. The Kier molecular flexibility index (Phi) is 3.21.